The predicted molar refractivity (Wildman–Crippen MR) is 102 cm³/mol. The molecular weight excluding hydrogens is 350 g/mol. The number of rotatable bonds is 6. The molecule has 0 aliphatic rings. The van der Waals surface area contributed by atoms with E-state index >= 15 is 0 Å². The Hall–Kier alpha value is -2.80. The summed E-state index contributed by atoms with van der Waals surface area (Å²) < 4.78 is 33.2. The van der Waals surface area contributed by atoms with E-state index in [2.05, 4.69) is 9.82 Å². The first-order valence-electron chi connectivity index (χ1n) is 8.15. The van der Waals surface area contributed by atoms with Gasteiger partial charge in [0.1, 0.15) is 11.5 Å². The SMILES string of the molecule is Cc1nn(Cc2cccc(Oc3ccccc3)c2)c(C)c1NS(C)(=O)=O. The molecule has 1 N–H and O–H groups in total. The highest BCUT2D eigenvalue weighted by atomic mass is 32.2. The zero-order valence-corrected chi connectivity index (χ0v) is 15.7. The van der Waals surface area contributed by atoms with Gasteiger partial charge in [0.25, 0.3) is 0 Å². The number of aromatic nitrogens is 2. The number of nitrogens with one attached hydrogen (secondary N) is 1. The lowest BCUT2D eigenvalue weighted by molar-refractivity contribution is 0.481. The van der Waals surface area contributed by atoms with Gasteiger partial charge < -0.3 is 4.74 Å². The van der Waals surface area contributed by atoms with Crippen LogP contribution in [0.1, 0.15) is 17.0 Å². The lowest BCUT2D eigenvalue weighted by Gasteiger charge is -2.09. The summed E-state index contributed by atoms with van der Waals surface area (Å²) >= 11 is 0. The normalized spacial score (nSPS) is 11.3. The second-order valence-corrected chi connectivity index (χ2v) is 7.89. The van der Waals surface area contributed by atoms with E-state index in [0.717, 1.165) is 29.0 Å². The van der Waals surface area contributed by atoms with Crippen molar-refractivity contribution in [1.29, 1.82) is 0 Å². The molecule has 1 aromatic heterocycles. The van der Waals surface area contributed by atoms with E-state index in [4.69, 9.17) is 4.74 Å². The van der Waals surface area contributed by atoms with Gasteiger partial charge in [0.05, 0.1) is 29.9 Å². The summed E-state index contributed by atoms with van der Waals surface area (Å²) in [6, 6.07) is 17.3. The number of aryl methyl sites for hydroxylation is 1. The molecule has 6 nitrogen and oxygen atoms in total. The standard InChI is InChI=1S/C19H21N3O3S/c1-14-19(21-26(3,23)24)15(2)22(20-14)13-16-8-7-11-18(12-16)25-17-9-5-4-6-10-17/h4-12,21H,13H2,1-3H3. The van der Waals surface area contributed by atoms with Crippen LogP contribution in [0.4, 0.5) is 5.69 Å². The Morgan fingerprint density at radius 1 is 1.04 bits per heavy atom. The summed E-state index contributed by atoms with van der Waals surface area (Å²) in [4.78, 5) is 0. The van der Waals surface area contributed by atoms with Crippen molar-refractivity contribution in [3.8, 4) is 11.5 Å². The third-order valence-electron chi connectivity index (χ3n) is 3.88. The molecule has 3 rings (SSSR count). The van der Waals surface area contributed by atoms with Gasteiger partial charge in [0.15, 0.2) is 0 Å². The highest BCUT2D eigenvalue weighted by molar-refractivity contribution is 7.92. The van der Waals surface area contributed by atoms with Gasteiger partial charge in [-0.2, -0.15) is 5.10 Å². The van der Waals surface area contributed by atoms with Crippen LogP contribution in [0.2, 0.25) is 0 Å². The van der Waals surface area contributed by atoms with Gasteiger partial charge in [0.2, 0.25) is 10.0 Å². The Kier molecular flexibility index (Phi) is 4.99. The van der Waals surface area contributed by atoms with Gasteiger partial charge in [-0.25, -0.2) is 8.42 Å². The number of hydrogen-bond donors (Lipinski definition) is 1. The first-order valence-corrected chi connectivity index (χ1v) is 10.0. The quantitative estimate of drug-likeness (QED) is 0.717. The molecular formula is C19H21N3O3S. The van der Waals surface area contributed by atoms with Crippen molar-refractivity contribution in [2.24, 2.45) is 0 Å². The van der Waals surface area contributed by atoms with Crippen molar-refractivity contribution in [2.75, 3.05) is 11.0 Å². The number of para-hydroxylation sites is 1. The Bertz CT molecular complexity index is 1010. The molecule has 0 aliphatic heterocycles. The lowest BCUT2D eigenvalue weighted by Crippen LogP contribution is -2.11. The van der Waals surface area contributed by atoms with Gasteiger partial charge in [-0.1, -0.05) is 30.3 Å². The second-order valence-electron chi connectivity index (χ2n) is 6.14. The molecule has 0 saturated heterocycles. The molecule has 7 heteroatoms. The summed E-state index contributed by atoms with van der Waals surface area (Å²) in [5.41, 5.74) is 2.95. The van der Waals surface area contributed by atoms with E-state index in [1.165, 1.54) is 0 Å². The molecule has 0 bridgehead atoms. The predicted octanol–water partition coefficient (Wildman–Crippen LogP) is 3.71. The van der Waals surface area contributed by atoms with Crippen LogP contribution in [-0.2, 0) is 16.6 Å². The molecule has 0 radical (unpaired) electrons. The third-order valence-corrected chi connectivity index (χ3v) is 4.45. The number of sulfonamides is 1. The molecule has 3 aromatic rings. The van der Waals surface area contributed by atoms with Crippen LogP contribution in [0.5, 0.6) is 11.5 Å². The molecule has 0 unspecified atom stereocenters. The van der Waals surface area contributed by atoms with Crippen LogP contribution in [0, 0.1) is 13.8 Å². The molecule has 0 atom stereocenters. The smallest absolute Gasteiger partial charge is 0.229 e. The summed E-state index contributed by atoms with van der Waals surface area (Å²) in [6.07, 6.45) is 1.13. The monoisotopic (exact) mass is 371 g/mol. The second kappa shape index (κ2) is 7.21. The van der Waals surface area contributed by atoms with Crippen molar-refractivity contribution < 1.29 is 13.2 Å². The third kappa shape index (κ3) is 4.43. The molecule has 26 heavy (non-hydrogen) atoms. The average molecular weight is 371 g/mol. The highest BCUT2D eigenvalue weighted by Gasteiger charge is 2.15. The summed E-state index contributed by atoms with van der Waals surface area (Å²) in [6.45, 7) is 4.15. The zero-order chi connectivity index (χ0) is 18.7. The van der Waals surface area contributed by atoms with E-state index in [9.17, 15) is 8.42 Å². The maximum atomic E-state index is 11.5. The Morgan fingerprint density at radius 2 is 1.73 bits per heavy atom. The van der Waals surface area contributed by atoms with Crippen LogP contribution in [0.25, 0.3) is 0 Å². The van der Waals surface area contributed by atoms with Crippen molar-refractivity contribution in [2.45, 2.75) is 20.4 Å². The van der Waals surface area contributed by atoms with Crippen molar-refractivity contribution >= 4 is 15.7 Å². The van der Waals surface area contributed by atoms with Crippen molar-refractivity contribution in [3.63, 3.8) is 0 Å². The first-order chi connectivity index (χ1) is 12.3. The molecule has 1 heterocycles. The highest BCUT2D eigenvalue weighted by Crippen LogP contribution is 2.24. The molecule has 2 aromatic carbocycles. The van der Waals surface area contributed by atoms with Gasteiger partial charge in [0, 0.05) is 0 Å². The maximum Gasteiger partial charge on any atom is 0.229 e. The minimum atomic E-state index is -3.35. The largest absolute Gasteiger partial charge is 0.457 e. The summed E-state index contributed by atoms with van der Waals surface area (Å²) in [5, 5.41) is 4.45. The van der Waals surface area contributed by atoms with Gasteiger partial charge in [-0.3, -0.25) is 9.40 Å². The van der Waals surface area contributed by atoms with E-state index in [1.807, 2.05) is 61.5 Å². The van der Waals surface area contributed by atoms with E-state index < -0.39 is 10.0 Å². The van der Waals surface area contributed by atoms with Crippen molar-refractivity contribution in [1.82, 2.24) is 9.78 Å². The van der Waals surface area contributed by atoms with Gasteiger partial charge >= 0.3 is 0 Å². The van der Waals surface area contributed by atoms with Gasteiger partial charge in [-0.05, 0) is 43.7 Å². The van der Waals surface area contributed by atoms with Gasteiger partial charge in [-0.15, -0.1) is 0 Å². The number of anilines is 1. The molecule has 136 valence electrons. The molecule has 0 saturated carbocycles. The Morgan fingerprint density at radius 3 is 2.42 bits per heavy atom. The van der Waals surface area contributed by atoms with Crippen LogP contribution in [0.3, 0.4) is 0 Å². The fourth-order valence-electron chi connectivity index (χ4n) is 2.69. The fraction of sp³-hybridized carbons (Fsp3) is 0.211. The number of hydrogen-bond acceptors (Lipinski definition) is 4. The minimum absolute atomic E-state index is 0.518. The molecule has 0 fully saturated rings. The zero-order valence-electron chi connectivity index (χ0n) is 14.9. The van der Waals surface area contributed by atoms with Crippen LogP contribution in [-0.4, -0.2) is 24.5 Å². The van der Waals surface area contributed by atoms with Crippen LogP contribution in [0.15, 0.2) is 54.6 Å². The number of nitrogens with zero attached hydrogens (tertiary/aromatic N) is 2. The van der Waals surface area contributed by atoms with E-state index in [-0.39, 0.29) is 0 Å². The summed E-state index contributed by atoms with van der Waals surface area (Å²) in [7, 11) is -3.35. The average Bonchev–Trinajstić information content (AvgIpc) is 2.82. The minimum Gasteiger partial charge on any atom is -0.457 e. The van der Waals surface area contributed by atoms with Crippen molar-refractivity contribution in [3.05, 3.63) is 71.5 Å². The van der Waals surface area contributed by atoms with E-state index in [0.29, 0.717) is 17.9 Å². The molecule has 0 amide bonds. The Labute approximate surface area is 153 Å². The maximum absolute atomic E-state index is 11.5. The van der Waals surface area contributed by atoms with E-state index in [1.54, 1.807) is 11.6 Å². The Balaban J connectivity index is 1.81. The number of benzene rings is 2. The number of ether oxygens (including phenoxy) is 1. The topological polar surface area (TPSA) is 73.2 Å². The summed E-state index contributed by atoms with van der Waals surface area (Å²) in [5.74, 6) is 1.51. The molecule has 0 aliphatic carbocycles. The van der Waals surface area contributed by atoms with Crippen LogP contribution < -0.4 is 9.46 Å². The first kappa shape index (κ1) is 18.0. The lowest BCUT2D eigenvalue weighted by atomic mass is 10.2. The fourth-order valence-corrected chi connectivity index (χ4v) is 3.36. The van der Waals surface area contributed by atoms with Crippen LogP contribution >= 0.6 is 0 Å². The molecule has 0 spiro atoms.